The number of guanidine groups is 1. The Morgan fingerprint density at radius 2 is 2.23 bits per heavy atom. The predicted molar refractivity (Wildman–Crippen MR) is 135 cm³/mol. The molecule has 1 saturated heterocycles. The quantitative estimate of drug-likeness (QED) is 0.288. The van der Waals surface area contributed by atoms with Gasteiger partial charge in [0.25, 0.3) is 0 Å². The van der Waals surface area contributed by atoms with Crippen LogP contribution in [0.1, 0.15) is 35.9 Å². The Kier molecular flexibility index (Phi) is 8.47. The maximum absolute atomic E-state index is 4.94. The first-order valence-corrected chi connectivity index (χ1v) is 11.4. The summed E-state index contributed by atoms with van der Waals surface area (Å²) in [7, 11) is 1.99. The van der Waals surface area contributed by atoms with Crippen molar-refractivity contribution >= 4 is 41.3 Å². The van der Waals surface area contributed by atoms with Gasteiger partial charge in [-0.05, 0) is 37.1 Å². The molecule has 4 heterocycles. The number of halogens is 1. The predicted octanol–water partition coefficient (Wildman–Crippen LogP) is 3.27. The minimum atomic E-state index is 0. The second-order valence-electron chi connectivity index (χ2n) is 7.91. The molecule has 8 nitrogen and oxygen atoms in total. The zero-order valence-corrected chi connectivity index (χ0v) is 21.5. The van der Waals surface area contributed by atoms with Crippen molar-refractivity contribution in [3.8, 4) is 0 Å². The van der Waals surface area contributed by atoms with Gasteiger partial charge < -0.3 is 19.4 Å². The molecule has 31 heavy (non-hydrogen) atoms. The highest BCUT2D eigenvalue weighted by Gasteiger charge is 2.29. The highest BCUT2D eigenvalue weighted by Crippen LogP contribution is 2.27. The number of rotatable bonds is 6. The molecular weight excluding hydrogens is 523 g/mol. The van der Waals surface area contributed by atoms with Crippen LogP contribution >= 0.6 is 35.3 Å². The number of aromatic nitrogens is 5. The monoisotopic (exact) mass is 554 g/mol. The molecular formula is C21H31IN8S. The first kappa shape index (κ1) is 23.7. The van der Waals surface area contributed by atoms with Crippen LogP contribution in [0.2, 0.25) is 0 Å². The van der Waals surface area contributed by atoms with Crippen molar-refractivity contribution in [3.63, 3.8) is 0 Å². The largest absolute Gasteiger partial charge is 0.356 e. The summed E-state index contributed by atoms with van der Waals surface area (Å²) in [5.74, 6) is 3.33. The fourth-order valence-electron chi connectivity index (χ4n) is 3.85. The first-order valence-electron chi connectivity index (χ1n) is 10.5. The lowest BCUT2D eigenvalue weighted by molar-refractivity contribution is 0.189. The smallest absolute Gasteiger partial charge is 0.194 e. The molecule has 3 aromatic heterocycles. The molecule has 1 fully saturated rings. The molecule has 0 radical (unpaired) electrons. The van der Waals surface area contributed by atoms with Crippen molar-refractivity contribution in [1.82, 2.24) is 34.5 Å². The van der Waals surface area contributed by atoms with Gasteiger partial charge in [0.2, 0.25) is 0 Å². The minimum Gasteiger partial charge on any atom is -0.356 e. The SMILES string of the molecule is Cc1nnc(CN=C(NCCc2cccs2)N2CCC(C)C(n3ccnc3)C2)n1C.I. The van der Waals surface area contributed by atoms with Gasteiger partial charge in [-0.3, -0.25) is 0 Å². The number of hydrogen-bond acceptors (Lipinski definition) is 5. The van der Waals surface area contributed by atoms with E-state index in [0.29, 0.717) is 18.5 Å². The third-order valence-corrected chi connectivity index (χ3v) is 6.85. The minimum absolute atomic E-state index is 0. The van der Waals surface area contributed by atoms with E-state index in [1.165, 1.54) is 4.88 Å². The van der Waals surface area contributed by atoms with Crippen LogP contribution in [0.3, 0.4) is 0 Å². The molecule has 3 aromatic rings. The van der Waals surface area contributed by atoms with Crippen LogP contribution in [0, 0.1) is 12.8 Å². The number of imidazole rings is 1. The molecule has 2 unspecified atom stereocenters. The summed E-state index contributed by atoms with van der Waals surface area (Å²) < 4.78 is 4.23. The summed E-state index contributed by atoms with van der Waals surface area (Å²) in [6, 6.07) is 4.68. The van der Waals surface area contributed by atoms with Crippen LogP contribution in [0.5, 0.6) is 0 Å². The van der Waals surface area contributed by atoms with Gasteiger partial charge in [-0.2, -0.15) is 0 Å². The Balaban J connectivity index is 0.00000272. The van der Waals surface area contributed by atoms with Gasteiger partial charge >= 0.3 is 0 Å². The van der Waals surface area contributed by atoms with Gasteiger partial charge in [0.05, 0.1) is 12.4 Å². The van der Waals surface area contributed by atoms with Crippen molar-refractivity contribution < 1.29 is 0 Å². The highest BCUT2D eigenvalue weighted by molar-refractivity contribution is 14.0. The Hall–Kier alpha value is -1.95. The summed E-state index contributed by atoms with van der Waals surface area (Å²) in [4.78, 5) is 12.9. The molecule has 4 rings (SSSR count). The maximum atomic E-state index is 4.94. The third kappa shape index (κ3) is 5.85. The fraction of sp³-hybridized carbons (Fsp3) is 0.524. The normalized spacial score (nSPS) is 19.3. The van der Waals surface area contributed by atoms with Crippen LogP contribution in [-0.2, 0) is 20.0 Å². The van der Waals surface area contributed by atoms with E-state index in [-0.39, 0.29) is 24.0 Å². The number of nitrogens with one attached hydrogen (secondary N) is 1. The summed E-state index contributed by atoms with van der Waals surface area (Å²) in [6.07, 6.45) is 7.96. The van der Waals surface area contributed by atoms with Crippen molar-refractivity contribution in [3.05, 3.63) is 52.8 Å². The summed E-state index contributed by atoms with van der Waals surface area (Å²) in [6.45, 7) is 7.57. The van der Waals surface area contributed by atoms with E-state index in [1.54, 1.807) is 11.3 Å². The van der Waals surface area contributed by atoms with Gasteiger partial charge in [0.15, 0.2) is 11.8 Å². The van der Waals surface area contributed by atoms with Crippen molar-refractivity contribution in [2.75, 3.05) is 19.6 Å². The van der Waals surface area contributed by atoms with Gasteiger partial charge in [-0.25, -0.2) is 9.98 Å². The molecule has 0 saturated carbocycles. The molecule has 1 aliphatic rings. The van der Waals surface area contributed by atoms with Crippen molar-refractivity contribution in [1.29, 1.82) is 0 Å². The number of aryl methyl sites for hydroxylation is 1. The van der Waals surface area contributed by atoms with Crippen LogP contribution in [0.4, 0.5) is 0 Å². The maximum Gasteiger partial charge on any atom is 0.194 e. The van der Waals surface area contributed by atoms with E-state index >= 15 is 0 Å². The molecule has 0 amide bonds. The van der Waals surface area contributed by atoms with Crippen LogP contribution < -0.4 is 5.32 Å². The van der Waals surface area contributed by atoms with Crippen molar-refractivity contribution in [2.45, 2.75) is 39.3 Å². The topological polar surface area (TPSA) is 76.2 Å². The molecule has 0 bridgehead atoms. The van der Waals surface area contributed by atoms with Gasteiger partial charge in [-0.15, -0.1) is 45.5 Å². The zero-order valence-electron chi connectivity index (χ0n) is 18.3. The lowest BCUT2D eigenvalue weighted by Gasteiger charge is -2.39. The fourth-order valence-corrected chi connectivity index (χ4v) is 4.56. The van der Waals surface area contributed by atoms with E-state index in [2.05, 4.69) is 60.6 Å². The van der Waals surface area contributed by atoms with Crippen LogP contribution in [0.25, 0.3) is 0 Å². The summed E-state index contributed by atoms with van der Waals surface area (Å²) >= 11 is 1.80. The summed E-state index contributed by atoms with van der Waals surface area (Å²) in [5.41, 5.74) is 0. The number of piperidine rings is 1. The lowest BCUT2D eigenvalue weighted by Crippen LogP contribution is -2.49. The molecule has 0 spiro atoms. The lowest BCUT2D eigenvalue weighted by atomic mass is 9.93. The Labute approximate surface area is 204 Å². The number of thiophene rings is 1. The Morgan fingerprint density at radius 3 is 2.90 bits per heavy atom. The van der Waals surface area contributed by atoms with E-state index in [1.807, 2.05) is 31.1 Å². The Bertz CT molecular complexity index is 950. The van der Waals surface area contributed by atoms with Gasteiger partial charge in [0, 0.05) is 44.0 Å². The summed E-state index contributed by atoms with van der Waals surface area (Å²) in [5, 5.41) is 14.2. The zero-order chi connectivity index (χ0) is 20.9. The Morgan fingerprint density at radius 1 is 1.35 bits per heavy atom. The molecule has 0 aliphatic carbocycles. The molecule has 1 aliphatic heterocycles. The molecule has 2 atom stereocenters. The third-order valence-electron chi connectivity index (χ3n) is 5.91. The van der Waals surface area contributed by atoms with E-state index in [0.717, 1.165) is 50.1 Å². The second-order valence-corrected chi connectivity index (χ2v) is 8.94. The molecule has 168 valence electrons. The van der Waals surface area contributed by atoms with Crippen molar-refractivity contribution in [2.24, 2.45) is 18.0 Å². The van der Waals surface area contributed by atoms with E-state index in [4.69, 9.17) is 4.99 Å². The average Bonchev–Trinajstić information content (AvgIpc) is 3.51. The first-order chi connectivity index (χ1) is 14.6. The van der Waals surface area contributed by atoms with Crippen LogP contribution in [-0.4, -0.2) is 54.8 Å². The molecule has 10 heteroatoms. The van der Waals surface area contributed by atoms with E-state index < -0.39 is 0 Å². The highest BCUT2D eigenvalue weighted by atomic mass is 127. The van der Waals surface area contributed by atoms with Gasteiger partial charge in [-0.1, -0.05) is 13.0 Å². The standard InChI is InChI=1S/C21H30N8S.HI/c1-16-7-10-28(14-19(16)29-11-9-22-15-29)21(23-8-6-18-5-4-12-30-18)24-13-20-26-25-17(2)27(20)3;/h4-5,9,11-12,15-16,19H,6-8,10,13-14H2,1-3H3,(H,23,24);1H. The molecule has 0 aromatic carbocycles. The van der Waals surface area contributed by atoms with Crippen LogP contribution in [0.15, 0.2) is 41.2 Å². The van der Waals surface area contributed by atoms with Gasteiger partial charge in [0.1, 0.15) is 12.4 Å². The number of hydrogen-bond donors (Lipinski definition) is 1. The molecule has 1 N–H and O–H groups in total. The number of likely N-dealkylation sites (tertiary alicyclic amines) is 1. The second kappa shape index (κ2) is 11.1. The number of nitrogens with zero attached hydrogens (tertiary/aromatic N) is 7. The number of aliphatic imine (C=N–C) groups is 1. The van der Waals surface area contributed by atoms with E-state index in [9.17, 15) is 0 Å². The average molecular weight is 555 g/mol.